The number of nitrogens with zero attached hydrogens (tertiary/aromatic N) is 3. The van der Waals surface area contributed by atoms with Crippen LogP contribution in [0.2, 0.25) is 0 Å². The summed E-state index contributed by atoms with van der Waals surface area (Å²) in [6, 6.07) is 4.03. The number of aromatic amines is 2. The zero-order valence-electron chi connectivity index (χ0n) is 16.7. The first kappa shape index (κ1) is 17.9. The summed E-state index contributed by atoms with van der Waals surface area (Å²) in [7, 11) is 0. The summed E-state index contributed by atoms with van der Waals surface area (Å²) >= 11 is 0. The second-order valence-corrected chi connectivity index (χ2v) is 7.67. The summed E-state index contributed by atoms with van der Waals surface area (Å²) in [5.41, 5.74) is 6.82. The van der Waals surface area contributed by atoms with Gasteiger partial charge in [-0.3, -0.25) is 0 Å². The molecule has 2 N–H and O–H groups in total. The molecule has 0 amide bonds. The van der Waals surface area contributed by atoms with Gasteiger partial charge in [-0.15, -0.1) is 0 Å². The number of aryl methyl sites for hydroxylation is 3. The third-order valence-electron chi connectivity index (χ3n) is 5.61. The number of imidazole rings is 1. The highest BCUT2D eigenvalue weighted by atomic mass is 16.5. The molecule has 0 saturated carbocycles. The van der Waals surface area contributed by atoms with E-state index in [0.29, 0.717) is 0 Å². The molecule has 1 aliphatic rings. The normalized spacial score (nSPS) is 17.3. The van der Waals surface area contributed by atoms with Crippen LogP contribution in [0.15, 0.2) is 27.6 Å². The lowest BCUT2D eigenvalue weighted by Gasteiger charge is -2.25. The van der Waals surface area contributed by atoms with Gasteiger partial charge < -0.3 is 19.2 Å². The number of hydrogen-bond acceptors (Lipinski definition) is 5. The summed E-state index contributed by atoms with van der Waals surface area (Å²) in [4.78, 5) is 18.0. The van der Waals surface area contributed by atoms with Crippen LogP contribution in [0.3, 0.4) is 0 Å². The Hall–Kier alpha value is -3.13. The van der Waals surface area contributed by atoms with Crippen LogP contribution >= 0.6 is 0 Å². The Bertz CT molecular complexity index is 1230. The average molecular weight is 393 g/mol. The van der Waals surface area contributed by atoms with E-state index >= 15 is 0 Å². The zero-order valence-corrected chi connectivity index (χ0v) is 16.7. The molecular formula is C21H23N5O3. The summed E-state index contributed by atoms with van der Waals surface area (Å²) in [6.07, 6.45) is 4.86. The van der Waals surface area contributed by atoms with Crippen molar-refractivity contribution in [3.63, 3.8) is 0 Å². The molecule has 8 heteroatoms. The van der Waals surface area contributed by atoms with E-state index in [1.165, 1.54) is 0 Å². The lowest BCUT2D eigenvalue weighted by Crippen LogP contribution is -2.20. The molecule has 3 aromatic heterocycles. The molecule has 1 saturated heterocycles. The Labute approximate surface area is 166 Å². The lowest BCUT2D eigenvalue weighted by atomic mass is 9.97. The third kappa shape index (κ3) is 2.91. The molecule has 1 aliphatic heterocycles. The molecule has 4 aromatic rings. The van der Waals surface area contributed by atoms with Crippen molar-refractivity contribution in [3.05, 3.63) is 45.8 Å². The summed E-state index contributed by atoms with van der Waals surface area (Å²) in [6.45, 7) is 6.57. The van der Waals surface area contributed by atoms with Gasteiger partial charge in [0.1, 0.15) is 5.76 Å². The van der Waals surface area contributed by atoms with Crippen molar-refractivity contribution in [1.29, 1.82) is 0 Å². The number of ether oxygens (including phenoxy) is 1. The first-order valence-electron chi connectivity index (χ1n) is 9.88. The Balaban J connectivity index is 1.77. The molecule has 4 heterocycles. The van der Waals surface area contributed by atoms with Gasteiger partial charge in [0.2, 0.25) is 0 Å². The van der Waals surface area contributed by atoms with Gasteiger partial charge >= 0.3 is 5.69 Å². The molecule has 5 rings (SSSR count). The van der Waals surface area contributed by atoms with Gasteiger partial charge in [-0.05, 0) is 63.3 Å². The van der Waals surface area contributed by atoms with Crippen LogP contribution in [0.1, 0.15) is 42.5 Å². The molecule has 1 fully saturated rings. The molecule has 150 valence electrons. The van der Waals surface area contributed by atoms with Crippen molar-refractivity contribution in [3.8, 4) is 22.4 Å². The third-order valence-corrected chi connectivity index (χ3v) is 5.61. The van der Waals surface area contributed by atoms with Gasteiger partial charge in [-0.2, -0.15) is 5.10 Å². The maximum absolute atomic E-state index is 12.1. The minimum Gasteiger partial charge on any atom is -0.361 e. The highest BCUT2D eigenvalue weighted by Gasteiger charge is 2.24. The fourth-order valence-electron chi connectivity index (χ4n) is 4.29. The second-order valence-electron chi connectivity index (χ2n) is 7.67. The predicted molar refractivity (Wildman–Crippen MR) is 109 cm³/mol. The molecule has 8 nitrogen and oxygen atoms in total. The SMILES string of the molecule is Cc1cnn(C2CCCCO2)c1-c1cc(-c2c(C)noc2C)cc2[nH]c(=O)[nH]c12. The van der Waals surface area contributed by atoms with Gasteiger partial charge in [-0.25, -0.2) is 9.48 Å². The second kappa shape index (κ2) is 6.73. The number of nitrogens with one attached hydrogen (secondary N) is 2. The van der Waals surface area contributed by atoms with Crippen LogP contribution in [-0.4, -0.2) is 31.5 Å². The largest absolute Gasteiger partial charge is 0.361 e. The van der Waals surface area contributed by atoms with Gasteiger partial charge in [0.05, 0.1) is 28.6 Å². The lowest BCUT2D eigenvalue weighted by molar-refractivity contribution is -0.0383. The van der Waals surface area contributed by atoms with E-state index in [1.807, 2.05) is 37.7 Å². The molecule has 0 aliphatic carbocycles. The van der Waals surface area contributed by atoms with Gasteiger partial charge in [0.25, 0.3) is 0 Å². The van der Waals surface area contributed by atoms with E-state index in [2.05, 4.69) is 26.3 Å². The fourth-order valence-corrected chi connectivity index (χ4v) is 4.29. The van der Waals surface area contributed by atoms with Crippen LogP contribution in [0.5, 0.6) is 0 Å². The maximum atomic E-state index is 12.1. The predicted octanol–water partition coefficient (Wildman–Crippen LogP) is 4.00. The van der Waals surface area contributed by atoms with Crippen molar-refractivity contribution >= 4 is 11.0 Å². The number of hydrogen-bond donors (Lipinski definition) is 2. The Morgan fingerprint density at radius 3 is 2.76 bits per heavy atom. The summed E-state index contributed by atoms with van der Waals surface area (Å²) < 4.78 is 13.3. The number of benzene rings is 1. The monoisotopic (exact) mass is 393 g/mol. The zero-order chi connectivity index (χ0) is 20.1. The van der Waals surface area contributed by atoms with E-state index in [1.54, 1.807) is 0 Å². The van der Waals surface area contributed by atoms with Crippen molar-refractivity contribution < 1.29 is 9.26 Å². The van der Waals surface area contributed by atoms with Crippen LogP contribution in [0.25, 0.3) is 33.4 Å². The van der Waals surface area contributed by atoms with Gasteiger partial charge in [0.15, 0.2) is 6.23 Å². The quantitative estimate of drug-likeness (QED) is 0.548. The number of rotatable bonds is 3. The Morgan fingerprint density at radius 2 is 2.03 bits per heavy atom. The smallest absolute Gasteiger partial charge is 0.323 e. The van der Waals surface area contributed by atoms with Crippen LogP contribution in [0.4, 0.5) is 0 Å². The molecule has 1 unspecified atom stereocenters. The van der Waals surface area contributed by atoms with E-state index in [-0.39, 0.29) is 11.9 Å². The van der Waals surface area contributed by atoms with Crippen molar-refractivity contribution in [1.82, 2.24) is 24.9 Å². The van der Waals surface area contributed by atoms with Crippen molar-refractivity contribution in [2.75, 3.05) is 6.61 Å². The maximum Gasteiger partial charge on any atom is 0.323 e. The molecule has 0 spiro atoms. The number of fused-ring (bicyclic) bond motifs is 1. The van der Waals surface area contributed by atoms with Gasteiger partial charge in [0, 0.05) is 17.7 Å². The highest BCUT2D eigenvalue weighted by Crippen LogP contribution is 2.38. The molecule has 0 radical (unpaired) electrons. The molecule has 1 atom stereocenters. The molecule has 29 heavy (non-hydrogen) atoms. The highest BCUT2D eigenvalue weighted by molar-refractivity contribution is 5.96. The Kier molecular flexibility index (Phi) is 4.16. The van der Waals surface area contributed by atoms with Crippen molar-refractivity contribution in [2.45, 2.75) is 46.3 Å². The first-order valence-corrected chi connectivity index (χ1v) is 9.88. The van der Waals surface area contributed by atoms with E-state index in [4.69, 9.17) is 9.26 Å². The van der Waals surface area contributed by atoms with Crippen molar-refractivity contribution in [2.24, 2.45) is 0 Å². The fraction of sp³-hybridized carbons (Fsp3) is 0.381. The van der Waals surface area contributed by atoms with Crippen LogP contribution in [-0.2, 0) is 4.74 Å². The standard InChI is InChI=1S/C21H23N5O3/c1-11-10-22-26(17-6-4-5-7-28-17)20(11)15-8-14(18-12(2)25-29-13(18)3)9-16-19(15)24-21(27)23-16/h8-10,17H,4-7H2,1-3H3,(H2,23,24,27). The average Bonchev–Trinajstić information content (AvgIpc) is 3.38. The molecule has 0 bridgehead atoms. The molecule has 1 aromatic carbocycles. The summed E-state index contributed by atoms with van der Waals surface area (Å²) in [5, 5.41) is 8.70. The minimum absolute atomic E-state index is 0.101. The topological polar surface area (TPSA) is 102 Å². The van der Waals surface area contributed by atoms with Crippen LogP contribution < -0.4 is 5.69 Å². The summed E-state index contributed by atoms with van der Waals surface area (Å²) in [5.74, 6) is 0.742. The number of H-pyrrole nitrogens is 2. The van der Waals surface area contributed by atoms with E-state index in [9.17, 15) is 4.79 Å². The van der Waals surface area contributed by atoms with Gasteiger partial charge in [-0.1, -0.05) is 5.16 Å². The minimum atomic E-state index is -0.241. The van der Waals surface area contributed by atoms with E-state index < -0.39 is 0 Å². The number of aromatic nitrogens is 5. The molecular weight excluding hydrogens is 370 g/mol. The van der Waals surface area contributed by atoms with E-state index in [0.717, 1.165) is 76.3 Å². The first-order chi connectivity index (χ1) is 14.0. The Morgan fingerprint density at radius 1 is 1.17 bits per heavy atom. The van der Waals surface area contributed by atoms with Crippen LogP contribution in [0, 0.1) is 20.8 Å².